The Morgan fingerprint density at radius 3 is 2.47 bits per heavy atom. The van der Waals surface area contributed by atoms with Crippen molar-refractivity contribution >= 4 is 49.7 Å². The lowest BCUT2D eigenvalue weighted by molar-refractivity contribution is -0.383. The fraction of sp³-hybridized carbons (Fsp3) is 0.190. The topological polar surface area (TPSA) is 100 Å². The number of rotatable bonds is 5. The number of aromatic nitrogens is 3. The van der Waals surface area contributed by atoms with Crippen LogP contribution in [0, 0.1) is 15.9 Å². The van der Waals surface area contributed by atoms with Crippen molar-refractivity contribution in [2.45, 2.75) is 0 Å². The molecule has 0 bridgehead atoms. The molecule has 9 nitrogen and oxygen atoms in total. The first kappa shape index (κ1) is 20.1. The van der Waals surface area contributed by atoms with Crippen molar-refractivity contribution in [1.82, 2.24) is 15.0 Å². The van der Waals surface area contributed by atoms with E-state index in [1.54, 1.807) is 18.2 Å². The molecule has 1 saturated heterocycles. The van der Waals surface area contributed by atoms with E-state index in [1.807, 2.05) is 34.1 Å². The molecule has 1 aliphatic heterocycles. The van der Waals surface area contributed by atoms with Gasteiger partial charge >= 0.3 is 5.69 Å². The zero-order chi connectivity index (χ0) is 22.1. The molecule has 162 valence electrons. The van der Waals surface area contributed by atoms with Crippen LogP contribution in [-0.2, 0) is 0 Å². The number of fused-ring (bicyclic) bond motifs is 1. The lowest BCUT2D eigenvalue weighted by Gasteiger charge is -2.36. The van der Waals surface area contributed by atoms with Gasteiger partial charge in [-0.2, -0.15) is 0 Å². The lowest BCUT2D eigenvalue weighted by Crippen LogP contribution is -2.47. The van der Waals surface area contributed by atoms with Gasteiger partial charge in [-0.05, 0) is 24.3 Å². The Labute approximate surface area is 186 Å². The first-order valence-electron chi connectivity index (χ1n) is 9.96. The largest absolute Gasteiger partial charge is 0.366 e. The van der Waals surface area contributed by atoms with Gasteiger partial charge in [0.2, 0.25) is 11.6 Å². The van der Waals surface area contributed by atoms with Gasteiger partial charge in [-0.3, -0.25) is 10.1 Å². The number of benzene rings is 2. The third-order valence-electron chi connectivity index (χ3n) is 5.28. The molecule has 32 heavy (non-hydrogen) atoms. The SMILES string of the molecule is O=[N+]([O-])c1c(Nc2nc3ccccc3s2)ncnc1N1CCN(c2ccccc2F)CC1. The molecular weight excluding hydrogens is 433 g/mol. The second-order valence-electron chi connectivity index (χ2n) is 7.19. The van der Waals surface area contributed by atoms with Crippen LogP contribution in [0.1, 0.15) is 0 Å². The Kier molecular flexibility index (Phi) is 5.23. The summed E-state index contributed by atoms with van der Waals surface area (Å²) in [5.41, 5.74) is 1.13. The second kappa shape index (κ2) is 8.35. The third kappa shape index (κ3) is 3.78. The van der Waals surface area contributed by atoms with Crippen LogP contribution in [0.3, 0.4) is 0 Å². The van der Waals surface area contributed by atoms with Crippen LogP contribution in [0.2, 0.25) is 0 Å². The van der Waals surface area contributed by atoms with Crippen molar-refractivity contribution < 1.29 is 9.31 Å². The Morgan fingerprint density at radius 1 is 1.00 bits per heavy atom. The van der Waals surface area contributed by atoms with Gasteiger partial charge < -0.3 is 15.1 Å². The molecule has 0 spiro atoms. The minimum atomic E-state index is -0.478. The summed E-state index contributed by atoms with van der Waals surface area (Å²) in [5.74, 6) is 0.0497. The lowest BCUT2D eigenvalue weighted by atomic mass is 10.2. The highest BCUT2D eigenvalue weighted by molar-refractivity contribution is 7.22. The van der Waals surface area contributed by atoms with Crippen molar-refractivity contribution in [2.75, 3.05) is 41.3 Å². The Balaban J connectivity index is 1.40. The normalized spacial score (nSPS) is 14.0. The molecule has 2 aromatic heterocycles. The maximum atomic E-state index is 14.1. The highest BCUT2D eigenvalue weighted by Gasteiger charge is 2.30. The van der Waals surface area contributed by atoms with E-state index in [1.165, 1.54) is 23.7 Å². The summed E-state index contributed by atoms with van der Waals surface area (Å²) in [6.07, 6.45) is 1.31. The highest BCUT2D eigenvalue weighted by Crippen LogP contribution is 2.36. The molecule has 4 aromatic rings. The number of hydrogen-bond acceptors (Lipinski definition) is 9. The van der Waals surface area contributed by atoms with Crippen LogP contribution < -0.4 is 15.1 Å². The summed E-state index contributed by atoms with van der Waals surface area (Å²) < 4.78 is 15.1. The Morgan fingerprint density at radius 2 is 1.72 bits per heavy atom. The number of nitrogens with one attached hydrogen (secondary N) is 1. The number of anilines is 4. The number of thiazole rings is 1. The molecule has 0 amide bonds. The monoisotopic (exact) mass is 451 g/mol. The standard InChI is InChI=1S/C21H18FN7O2S/c22-14-5-1-3-7-16(14)27-9-11-28(12-10-27)20-18(29(30)31)19(23-13-24-20)26-21-25-15-6-2-4-8-17(15)32-21/h1-8,13H,9-12H2,(H,23,24,25,26). The molecule has 3 heterocycles. The second-order valence-corrected chi connectivity index (χ2v) is 8.22. The minimum Gasteiger partial charge on any atom is -0.366 e. The van der Waals surface area contributed by atoms with Crippen LogP contribution in [-0.4, -0.2) is 46.1 Å². The van der Waals surface area contributed by atoms with E-state index < -0.39 is 4.92 Å². The molecule has 5 rings (SSSR count). The number of nitro groups is 1. The third-order valence-corrected chi connectivity index (χ3v) is 6.23. The predicted octanol–water partition coefficient (Wildman–Crippen LogP) is 4.20. The van der Waals surface area contributed by atoms with E-state index in [0.29, 0.717) is 37.0 Å². The first-order chi connectivity index (χ1) is 15.6. The van der Waals surface area contributed by atoms with Gasteiger partial charge in [0.25, 0.3) is 0 Å². The Hall–Kier alpha value is -3.86. The van der Waals surface area contributed by atoms with Crippen LogP contribution in [0.4, 0.5) is 32.5 Å². The molecule has 1 N–H and O–H groups in total. The average molecular weight is 451 g/mol. The fourth-order valence-electron chi connectivity index (χ4n) is 3.75. The molecule has 0 aliphatic carbocycles. The molecule has 1 fully saturated rings. The van der Waals surface area contributed by atoms with Crippen LogP contribution >= 0.6 is 11.3 Å². The molecule has 0 unspecified atom stereocenters. The van der Waals surface area contributed by atoms with Crippen molar-refractivity contribution in [1.29, 1.82) is 0 Å². The van der Waals surface area contributed by atoms with Gasteiger partial charge in [-0.15, -0.1) is 0 Å². The van der Waals surface area contributed by atoms with Gasteiger partial charge in [0, 0.05) is 26.2 Å². The summed E-state index contributed by atoms with van der Waals surface area (Å²) in [5, 5.41) is 15.5. The Bertz CT molecular complexity index is 1260. The summed E-state index contributed by atoms with van der Waals surface area (Å²) >= 11 is 1.39. The van der Waals surface area contributed by atoms with Gasteiger partial charge in [0.05, 0.1) is 20.8 Å². The van der Waals surface area contributed by atoms with Crippen LogP contribution in [0.15, 0.2) is 54.9 Å². The van der Waals surface area contributed by atoms with Crippen molar-refractivity contribution in [3.8, 4) is 0 Å². The summed E-state index contributed by atoms with van der Waals surface area (Å²) in [7, 11) is 0. The van der Waals surface area contributed by atoms with E-state index in [9.17, 15) is 14.5 Å². The maximum absolute atomic E-state index is 14.1. The number of hydrogen-bond donors (Lipinski definition) is 1. The highest BCUT2D eigenvalue weighted by atomic mass is 32.1. The predicted molar refractivity (Wildman–Crippen MR) is 122 cm³/mol. The first-order valence-corrected chi connectivity index (χ1v) is 10.8. The molecular formula is C21H18FN7O2S. The number of nitrogens with zero attached hydrogens (tertiary/aromatic N) is 6. The summed E-state index contributed by atoms with van der Waals surface area (Å²) in [6.45, 7) is 1.96. The zero-order valence-electron chi connectivity index (χ0n) is 16.8. The number of para-hydroxylation sites is 2. The van der Waals surface area contributed by atoms with E-state index in [-0.39, 0.29) is 23.1 Å². The van der Waals surface area contributed by atoms with E-state index in [0.717, 1.165) is 10.2 Å². The van der Waals surface area contributed by atoms with E-state index in [2.05, 4.69) is 20.3 Å². The smallest absolute Gasteiger partial charge is 0.353 e. The van der Waals surface area contributed by atoms with Crippen LogP contribution in [0.5, 0.6) is 0 Å². The summed E-state index contributed by atoms with van der Waals surface area (Å²) in [4.78, 5) is 28.0. The molecule has 0 atom stereocenters. The minimum absolute atomic E-state index is 0.0931. The average Bonchev–Trinajstić information content (AvgIpc) is 3.21. The van der Waals surface area contributed by atoms with Gasteiger partial charge in [0.1, 0.15) is 12.1 Å². The molecule has 2 aromatic carbocycles. The van der Waals surface area contributed by atoms with Crippen molar-refractivity contribution in [3.63, 3.8) is 0 Å². The van der Waals surface area contributed by atoms with Gasteiger partial charge in [0.15, 0.2) is 5.13 Å². The van der Waals surface area contributed by atoms with Crippen molar-refractivity contribution in [2.24, 2.45) is 0 Å². The quantitative estimate of drug-likeness (QED) is 0.356. The van der Waals surface area contributed by atoms with E-state index >= 15 is 0 Å². The number of piperazine rings is 1. The summed E-state index contributed by atoms with van der Waals surface area (Å²) in [6, 6.07) is 14.2. The van der Waals surface area contributed by atoms with Gasteiger partial charge in [-0.25, -0.2) is 19.3 Å². The van der Waals surface area contributed by atoms with Gasteiger partial charge in [-0.1, -0.05) is 35.6 Å². The number of halogens is 1. The van der Waals surface area contributed by atoms with Crippen molar-refractivity contribution in [3.05, 3.63) is 70.8 Å². The molecule has 0 radical (unpaired) electrons. The molecule has 0 saturated carbocycles. The zero-order valence-corrected chi connectivity index (χ0v) is 17.6. The maximum Gasteiger partial charge on any atom is 0.353 e. The molecule has 11 heteroatoms. The van der Waals surface area contributed by atoms with Crippen LogP contribution in [0.25, 0.3) is 10.2 Å². The van der Waals surface area contributed by atoms with E-state index in [4.69, 9.17) is 0 Å². The fourth-order valence-corrected chi connectivity index (χ4v) is 4.62. The molecule has 1 aliphatic rings.